The van der Waals surface area contributed by atoms with Gasteiger partial charge in [0.1, 0.15) is 0 Å². The summed E-state index contributed by atoms with van der Waals surface area (Å²) in [4.78, 5) is 25.0. The van der Waals surface area contributed by atoms with E-state index in [1.807, 2.05) is 24.3 Å². The maximum Gasteiger partial charge on any atom is 0.175 e. The number of rotatable bonds is 9. The van der Waals surface area contributed by atoms with Crippen molar-refractivity contribution in [3.63, 3.8) is 0 Å². The largest absolute Gasteiger partial charge is 0.493 e. The predicted octanol–water partition coefficient (Wildman–Crippen LogP) is 5.69. The maximum absolute atomic E-state index is 12.6. The second-order valence-corrected chi connectivity index (χ2v) is 8.48. The lowest BCUT2D eigenvalue weighted by molar-refractivity contribution is 0.101. The van der Waals surface area contributed by atoms with E-state index < -0.39 is 0 Å². The number of carbonyl (C=O) groups is 2. The van der Waals surface area contributed by atoms with E-state index in [2.05, 4.69) is 10.6 Å². The molecule has 170 valence electrons. The molecular weight excluding hydrogens is 456 g/mol. The predicted molar refractivity (Wildman–Crippen MR) is 137 cm³/mol. The molecule has 0 spiro atoms. The highest BCUT2D eigenvalue weighted by atomic mass is 32.2. The molecular formula is C25H24N2O4S2. The Labute approximate surface area is 202 Å². The zero-order valence-electron chi connectivity index (χ0n) is 18.5. The number of carbonyl (C=O) groups excluding carboxylic acids is 2. The number of thioether (sulfide) groups is 1. The second-order valence-electron chi connectivity index (χ2n) is 7.02. The number of nitrogens with one attached hydrogen (secondary N) is 2. The van der Waals surface area contributed by atoms with Crippen LogP contribution in [0.5, 0.6) is 11.5 Å². The number of benzene rings is 3. The minimum atomic E-state index is -0.00879. The molecule has 33 heavy (non-hydrogen) atoms. The lowest BCUT2D eigenvalue weighted by atomic mass is 10.1. The van der Waals surface area contributed by atoms with Crippen LogP contribution in [0.4, 0.5) is 11.4 Å². The van der Waals surface area contributed by atoms with Gasteiger partial charge in [-0.1, -0.05) is 6.07 Å². The van der Waals surface area contributed by atoms with E-state index >= 15 is 0 Å². The fourth-order valence-electron chi connectivity index (χ4n) is 2.99. The Bertz CT molecular complexity index is 1160. The summed E-state index contributed by atoms with van der Waals surface area (Å²) in [6.07, 6.45) is 0. The Morgan fingerprint density at radius 2 is 1.52 bits per heavy atom. The molecule has 0 aromatic heterocycles. The van der Waals surface area contributed by atoms with E-state index in [0.717, 1.165) is 16.3 Å². The summed E-state index contributed by atoms with van der Waals surface area (Å²) in [5.74, 6) is 1.40. The standard InChI is InChI=1S/C25H24N2O4S2/c1-16(28)17-7-10-19(11-8-17)26-25(32)27-20-5-4-6-21(14-20)33-15-22(29)18-9-12-23(30-2)24(13-18)31-3/h4-14H,15H2,1-3H3,(H2,26,27,32). The number of ketones is 2. The summed E-state index contributed by atoms with van der Waals surface area (Å²) >= 11 is 6.83. The third kappa shape index (κ3) is 6.81. The number of anilines is 2. The van der Waals surface area contributed by atoms with Gasteiger partial charge < -0.3 is 20.1 Å². The fraction of sp³-hybridized carbons (Fsp3) is 0.160. The average molecular weight is 481 g/mol. The molecule has 0 atom stereocenters. The SMILES string of the molecule is COc1ccc(C(=O)CSc2cccc(NC(=S)Nc3ccc(C(C)=O)cc3)c2)cc1OC. The molecule has 0 heterocycles. The van der Waals surface area contributed by atoms with E-state index in [1.54, 1.807) is 56.7 Å². The second kappa shape index (κ2) is 11.5. The molecule has 3 rings (SSSR count). The van der Waals surface area contributed by atoms with Crippen LogP contribution >= 0.6 is 24.0 Å². The molecule has 0 radical (unpaired) electrons. The summed E-state index contributed by atoms with van der Waals surface area (Å²) in [5.41, 5.74) is 2.79. The van der Waals surface area contributed by atoms with Gasteiger partial charge in [-0.25, -0.2) is 0 Å². The monoisotopic (exact) mass is 480 g/mol. The van der Waals surface area contributed by atoms with Gasteiger partial charge in [-0.2, -0.15) is 0 Å². The summed E-state index contributed by atoms with van der Waals surface area (Å²) in [6, 6.07) is 19.9. The minimum absolute atomic E-state index is 0.00879. The molecule has 0 saturated heterocycles. The smallest absolute Gasteiger partial charge is 0.175 e. The molecule has 0 unspecified atom stereocenters. The third-order valence-corrected chi connectivity index (χ3v) is 5.91. The van der Waals surface area contributed by atoms with Crippen molar-refractivity contribution in [2.75, 3.05) is 30.6 Å². The molecule has 6 nitrogen and oxygen atoms in total. The zero-order valence-corrected chi connectivity index (χ0v) is 20.1. The van der Waals surface area contributed by atoms with Crippen molar-refractivity contribution in [3.05, 3.63) is 77.9 Å². The third-order valence-electron chi connectivity index (χ3n) is 4.72. The highest BCUT2D eigenvalue weighted by Crippen LogP contribution is 2.29. The van der Waals surface area contributed by atoms with Crippen molar-refractivity contribution in [1.82, 2.24) is 0 Å². The van der Waals surface area contributed by atoms with Gasteiger partial charge in [0.15, 0.2) is 28.2 Å². The van der Waals surface area contributed by atoms with Crippen molar-refractivity contribution >= 4 is 52.0 Å². The summed E-state index contributed by atoms with van der Waals surface area (Å²) in [7, 11) is 3.10. The van der Waals surface area contributed by atoms with Gasteiger partial charge in [-0.3, -0.25) is 9.59 Å². The number of ether oxygens (including phenoxy) is 2. The van der Waals surface area contributed by atoms with E-state index in [4.69, 9.17) is 21.7 Å². The maximum atomic E-state index is 12.6. The van der Waals surface area contributed by atoms with Crippen LogP contribution in [0.25, 0.3) is 0 Å². The average Bonchev–Trinajstić information content (AvgIpc) is 2.82. The Kier molecular flexibility index (Phi) is 8.46. The van der Waals surface area contributed by atoms with Gasteiger partial charge in [-0.15, -0.1) is 11.8 Å². The van der Waals surface area contributed by atoms with Gasteiger partial charge in [-0.05, 0) is 79.8 Å². The lowest BCUT2D eigenvalue weighted by Gasteiger charge is -2.12. The van der Waals surface area contributed by atoms with Crippen molar-refractivity contribution in [1.29, 1.82) is 0 Å². The van der Waals surface area contributed by atoms with Crippen LogP contribution in [-0.2, 0) is 0 Å². The molecule has 3 aromatic carbocycles. The molecule has 0 saturated carbocycles. The van der Waals surface area contributed by atoms with Crippen LogP contribution < -0.4 is 20.1 Å². The first kappa shape index (κ1) is 24.3. The normalized spacial score (nSPS) is 10.3. The van der Waals surface area contributed by atoms with Crippen LogP contribution in [0.15, 0.2) is 71.6 Å². The van der Waals surface area contributed by atoms with Crippen LogP contribution in [-0.4, -0.2) is 36.7 Å². The lowest BCUT2D eigenvalue weighted by Crippen LogP contribution is -2.19. The first-order chi connectivity index (χ1) is 15.9. The van der Waals surface area contributed by atoms with Gasteiger partial charge in [0.05, 0.1) is 20.0 Å². The first-order valence-corrected chi connectivity index (χ1v) is 11.5. The molecule has 8 heteroatoms. The minimum Gasteiger partial charge on any atom is -0.493 e. The summed E-state index contributed by atoms with van der Waals surface area (Å²) in [5, 5.41) is 6.66. The summed E-state index contributed by atoms with van der Waals surface area (Å²) < 4.78 is 10.5. The number of thiocarbonyl (C=S) groups is 1. The number of hydrogen-bond acceptors (Lipinski definition) is 6. The van der Waals surface area contributed by atoms with E-state index in [9.17, 15) is 9.59 Å². The highest BCUT2D eigenvalue weighted by Gasteiger charge is 2.12. The topological polar surface area (TPSA) is 76.7 Å². The molecule has 0 amide bonds. The summed E-state index contributed by atoms with van der Waals surface area (Å²) in [6.45, 7) is 1.53. The Morgan fingerprint density at radius 3 is 2.18 bits per heavy atom. The molecule has 2 N–H and O–H groups in total. The van der Waals surface area contributed by atoms with Gasteiger partial charge in [0.2, 0.25) is 0 Å². The van der Waals surface area contributed by atoms with Crippen LogP contribution in [0.2, 0.25) is 0 Å². The molecule has 0 aliphatic heterocycles. The van der Waals surface area contributed by atoms with Crippen molar-refractivity contribution < 1.29 is 19.1 Å². The molecule has 0 fully saturated rings. The van der Waals surface area contributed by atoms with Gasteiger partial charge in [0.25, 0.3) is 0 Å². The van der Waals surface area contributed by atoms with E-state index in [0.29, 0.717) is 27.7 Å². The van der Waals surface area contributed by atoms with E-state index in [-0.39, 0.29) is 17.3 Å². The van der Waals surface area contributed by atoms with Crippen LogP contribution in [0.3, 0.4) is 0 Å². The van der Waals surface area contributed by atoms with Crippen molar-refractivity contribution in [2.45, 2.75) is 11.8 Å². The van der Waals surface area contributed by atoms with E-state index in [1.165, 1.54) is 18.7 Å². The Morgan fingerprint density at radius 1 is 0.848 bits per heavy atom. The number of Topliss-reactive ketones (excluding diaryl/α,β-unsaturated/α-hetero) is 2. The van der Waals surface area contributed by atoms with Crippen molar-refractivity contribution in [3.8, 4) is 11.5 Å². The molecule has 3 aromatic rings. The number of hydrogen-bond donors (Lipinski definition) is 2. The van der Waals surface area contributed by atoms with Crippen LogP contribution in [0, 0.1) is 0 Å². The molecule has 0 bridgehead atoms. The molecule has 0 aliphatic rings. The Balaban J connectivity index is 1.57. The Hall–Kier alpha value is -3.36. The quantitative estimate of drug-likeness (QED) is 0.230. The number of methoxy groups -OCH3 is 2. The van der Waals surface area contributed by atoms with Gasteiger partial charge in [0, 0.05) is 27.4 Å². The highest BCUT2D eigenvalue weighted by molar-refractivity contribution is 8.00. The first-order valence-electron chi connectivity index (χ1n) is 10.1. The zero-order chi connectivity index (χ0) is 23.8. The fourth-order valence-corrected chi connectivity index (χ4v) is 4.07. The van der Waals surface area contributed by atoms with Crippen molar-refractivity contribution in [2.24, 2.45) is 0 Å². The van der Waals surface area contributed by atoms with Gasteiger partial charge >= 0.3 is 0 Å². The molecule has 0 aliphatic carbocycles. The van der Waals surface area contributed by atoms with Crippen LogP contribution in [0.1, 0.15) is 27.6 Å².